The van der Waals surface area contributed by atoms with E-state index in [0.29, 0.717) is 12.2 Å². The Morgan fingerprint density at radius 1 is 1.16 bits per heavy atom. The lowest BCUT2D eigenvalue weighted by Crippen LogP contribution is -2.48. The van der Waals surface area contributed by atoms with Crippen LogP contribution in [0, 0.1) is 0 Å². The summed E-state index contributed by atoms with van der Waals surface area (Å²) in [5, 5.41) is 3.06. The van der Waals surface area contributed by atoms with E-state index >= 15 is 0 Å². The first-order chi connectivity index (χ1) is 12.1. The average molecular weight is 352 g/mol. The van der Waals surface area contributed by atoms with Crippen LogP contribution in [0.3, 0.4) is 0 Å². The van der Waals surface area contributed by atoms with Gasteiger partial charge in [0, 0.05) is 23.4 Å². The summed E-state index contributed by atoms with van der Waals surface area (Å²) in [4.78, 5) is 26.7. The molecule has 2 aromatic rings. The van der Waals surface area contributed by atoms with Crippen molar-refractivity contribution in [1.29, 1.82) is 0 Å². The molecule has 5 heteroatoms. The van der Waals surface area contributed by atoms with Gasteiger partial charge < -0.3 is 10.2 Å². The molecule has 0 saturated carbocycles. The number of fused-ring (bicyclic) bond motifs is 1. The predicted molar refractivity (Wildman–Crippen MR) is 101 cm³/mol. The van der Waals surface area contributed by atoms with E-state index in [0.717, 1.165) is 23.2 Å². The first-order valence-electron chi connectivity index (χ1n) is 8.50. The van der Waals surface area contributed by atoms with Crippen molar-refractivity contribution in [2.24, 2.45) is 0 Å². The number of hydrogen-bond donors (Lipinski definition) is 1. The highest BCUT2D eigenvalue weighted by molar-refractivity contribution is 8.01. The first-order valence-corrected chi connectivity index (χ1v) is 9.48. The molecule has 2 atom stereocenters. The Morgan fingerprint density at radius 3 is 2.68 bits per heavy atom. The van der Waals surface area contributed by atoms with Crippen molar-refractivity contribution in [3.8, 4) is 11.1 Å². The summed E-state index contributed by atoms with van der Waals surface area (Å²) in [5.41, 5.74) is 2.82. The Hall–Kier alpha value is -2.27. The minimum atomic E-state index is -0.395. The Labute approximate surface area is 151 Å². The minimum absolute atomic E-state index is 0.0870. The zero-order chi connectivity index (χ0) is 17.4. The van der Waals surface area contributed by atoms with Gasteiger partial charge in [0.25, 0.3) is 0 Å². The monoisotopic (exact) mass is 352 g/mol. The first kappa shape index (κ1) is 16.2. The molecule has 4 rings (SSSR count). The van der Waals surface area contributed by atoms with Gasteiger partial charge in [-0.3, -0.25) is 9.59 Å². The van der Waals surface area contributed by atoms with E-state index in [1.54, 1.807) is 16.7 Å². The van der Waals surface area contributed by atoms with Crippen molar-refractivity contribution in [2.45, 2.75) is 30.7 Å². The molecular weight excluding hydrogens is 332 g/mol. The molecule has 2 saturated heterocycles. The molecule has 0 aromatic heterocycles. The maximum atomic E-state index is 12.9. The Kier molecular flexibility index (Phi) is 4.04. The molecule has 0 aliphatic carbocycles. The molecule has 0 bridgehead atoms. The molecule has 2 fully saturated rings. The number of benzene rings is 2. The van der Waals surface area contributed by atoms with E-state index < -0.39 is 6.04 Å². The van der Waals surface area contributed by atoms with E-state index in [-0.39, 0.29) is 16.7 Å². The van der Waals surface area contributed by atoms with Gasteiger partial charge in [0.05, 0.1) is 4.87 Å². The van der Waals surface area contributed by atoms with Crippen LogP contribution in [0.2, 0.25) is 0 Å². The van der Waals surface area contributed by atoms with Crippen LogP contribution >= 0.6 is 11.8 Å². The van der Waals surface area contributed by atoms with Crippen LogP contribution in [0.25, 0.3) is 11.1 Å². The lowest BCUT2D eigenvalue weighted by Gasteiger charge is -2.30. The summed E-state index contributed by atoms with van der Waals surface area (Å²) in [7, 11) is 0. The molecular formula is C20H20N2O2S. The van der Waals surface area contributed by atoms with Crippen molar-refractivity contribution >= 4 is 29.3 Å². The van der Waals surface area contributed by atoms with Gasteiger partial charge in [-0.25, -0.2) is 0 Å². The number of amides is 2. The van der Waals surface area contributed by atoms with E-state index in [4.69, 9.17) is 0 Å². The van der Waals surface area contributed by atoms with Crippen molar-refractivity contribution in [3.63, 3.8) is 0 Å². The summed E-state index contributed by atoms with van der Waals surface area (Å²) in [6.45, 7) is 2.06. The second-order valence-electron chi connectivity index (χ2n) is 6.67. The molecule has 0 radical (unpaired) electrons. The number of hydrogen-bond acceptors (Lipinski definition) is 3. The summed E-state index contributed by atoms with van der Waals surface area (Å²) < 4.78 is 0. The maximum Gasteiger partial charge on any atom is 0.248 e. The van der Waals surface area contributed by atoms with Gasteiger partial charge in [-0.15, -0.1) is 11.8 Å². The Morgan fingerprint density at radius 2 is 1.88 bits per heavy atom. The van der Waals surface area contributed by atoms with Gasteiger partial charge in [-0.2, -0.15) is 0 Å². The van der Waals surface area contributed by atoms with Crippen LogP contribution in [0.1, 0.15) is 19.8 Å². The fourth-order valence-electron chi connectivity index (χ4n) is 3.69. The molecule has 128 valence electrons. The highest BCUT2D eigenvalue weighted by Crippen LogP contribution is 2.47. The topological polar surface area (TPSA) is 49.4 Å². The Bertz CT molecular complexity index is 823. The van der Waals surface area contributed by atoms with E-state index in [9.17, 15) is 9.59 Å². The number of carbonyl (C=O) groups is 2. The number of thioether (sulfide) groups is 1. The van der Waals surface area contributed by atoms with Crippen molar-refractivity contribution in [1.82, 2.24) is 4.90 Å². The number of nitrogens with one attached hydrogen (secondary N) is 1. The van der Waals surface area contributed by atoms with Crippen LogP contribution in [-0.2, 0) is 9.59 Å². The fourth-order valence-corrected chi connectivity index (χ4v) is 5.12. The standard InChI is InChI=1S/C20H20N2O2S/c1-20-12-11-18(23)22(20)17(13-25-20)19(24)21-16-10-6-5-9-15(16)14-7-3-2-4-8-14/h2-10,17H,11-13H2,1H3,(H,21,24)/t17-,20+/m1/s1. The maximum absolute atomic E-state index is 12.9. The number of para-hydroxylation sites is 1. The molecule has 2 amide bonds. The molecule has 2 aliphatic rings. The molecule has 1 N–H and O–H groups in total. The molecule has 4 nitrogen and oxygen atoms in total. The second kappa shape index (κ2) is 6.23. The fraction of sp³-hybridized carbons (Fsp3) is 0.300. The van der Waals surface area contributed by atoms with Crippen LogP contribution in [0.4, 0.5) is 5.69 Å². The zero-order valence-corrected chi connectivity index (χ0v) is 14.9. The molecule has 0 spiro atoms. The highest BCUT2D eigenvalue weighted by atomic mass is 32.2. The number of rotatable bonds is 3. The summed E-state index contributed by atoms with van der Waals surface area (Å²) >= 11 is 1.71. The highest BCUT2D eigenvalue weighted by Gasteiger charge is 2.52. The normalized spacial score (nSPS) is 25.1. The molecule has 2 aromatic carbocycles. The molecule has 0 unspecified atom stereocenters. The van der Waals surface area contributed by atoms with Crippen LogP contribution < -0.4 is 5.32 Å². The largest absolute Gasteiger partial charge is 0.324 e. The lowest BCUT2D eigenvalue weighted by molar-refractivity contribution is -0.135. The van der Waals surface area contributed by atoms with Gasteiger partial charge in [-0.1, -0.05) is 48.5 Å². The third kappa shape index (κ3) is 2.82. The van der Waals surface area contributed by atoms with Gasteiger partial charge in [-0.05, 0) is 25.0 Å². The minimum Gasteiger partial charge on any atom is -0.324 e. The SMILES string of the molecule is C[C@]12CCC(=O)N1[C@@H](C(=O)Nc1ccccc1-c1ccccc1)CS2. The average Bonchev–Trinajstić information content (AvgIpc) is 3.12. The third-order valence-electron chi connectivity index (χ3n) is 5.02. The zero-order valence-electron chi connectivity index (χ0n) is 14.1. The molecule has 2 heterocycles. The van der Waals surface area contributed by atoms with Gasteiger partial charge >= 0.3 is 0 Å². The van der Waals surface area contributed by atoms with Gasteiger partial charge in [0.1, 0.15) is 6.04 Å². The van der Waals surface area contributed by atoms with E-state index in [1.807, 2.05) is 54.6 Å². The number of carbonyl (C=O) groups excluding carboxylic acids is 2. The Balaban J connectivity index is 1.59. The number of nitrogens with zero attached hydrogens (tertiary/aromatic N) is 1. The lowest BCUT2D eigenvalue weighted by atomic mass is 10.0. The third-order valence-corrected chi connectivity index (χ3v) is 6.52. The summed E-state index contributed by atoms with van der Waals surface area (Å²) in [5.74, 6) is 0.639. The second-order valence-corrected chi connectivity index (χ2v) is 8.17. The van der Waals surface area contributed by atoms with Crippen molar-refractivity contribution in [2.75, 3.05) is 11.1 Å². The molecule has 25 heavy (non-hydrogen) atoms. The van der Waals surface area contributed by atoms with Crippen LogP contribution in [-0.4, -0.2) is 33.4 Å². The summed E-state index contributed by atoms with van der Waals surface area (Å²) in [6, 6.07) is 17.4. The smallest absolute Gasteiger partial charge is 0.248 e. The van der Waals surface area contributed by atoms with Gasteiger partial charge in [0.15, 0.2) is 0 Å². The predicted octanol–water partition coefficient (Wildman–Crippen LogP) is 3.75. The van der Waals surface area contributed by atoms with Crippen molar-refractivity contribution in [3.05, 3.63) is 54.6 Å². The van der Waals surface area contributed by atoms with Crippen LogP contribution in [0.5, 0.6) is 0 Å². The number of anilines is 1. The molecule has 2 aliphatic heterocycles. The van der Waals surface area contributed by atoms with Crippen molar-refractivity contribution < 1.29 is 9.59 Å². The summed E-state index contributed by atoms with van der Waals surface area (Å²) in [6.07, 6.45) is 1.36. The van der Waals surface area contributed by atoms with Gasteiger partial charge in [0.2, 0.25) is 11.8 Å². The van der Waals surface area contributed by atoms with E-state index in [1.165, 1.54) is 0 Å². The van der Waals surface area contributed by atoms with Crippen LogP contribution in [0.15, 0.2) is 54.6 Å². The van der Waals surface area contributed by atoms with E-state index in [2.05, 4.69) is 12.2 Å². The quantitative estimate of drug-likeness (QED) is 0.915.